The number of thiocarbonyl (C=S) groups is 1. The van der Waals surface area contributed by atoms with Crippen LogP contribution in [0.25, 0.3) is 6.08 Å². The lowest BCUT2D eigenvalue weighted by molar-refractivity contribution is -0.115. The Bertz CT molecular complexity index is 933. The van der Waals surface area contributed by atoms with Gasteiger partial charge in [-0.25, -0.2) is 0 Å². The number of amides is 1. The third-order valence-corrected chi connectivity index (χ3v) is 5.32. The van der Waals surface area contributed by atoms with Crippen LogP contribution in [0.2, 0.25) is 5.02 Å². The first-order chi connectivity index (χ1) is 14.1. The number of halogens is 1. The third-order valence-electron chi connectivity index (χ3n) is 3.85. The molecule has 1 aliphatic heterocycles. The molecule has 0 unspecified atom stereocenters. The highest BCUT2D eigenvalue weighted by atomic mass is 35.5. The first kappa shape index (κ1) is 21.5. The van der Waals surface area contributed by atoms with E-state index in [1.807, 2.05) is 43.3 Å². The van der Waals surface area contributed by atoms with E-state index < -0.39 is 0 Å². The highest BCUT2D eigenvalue weighted by Crippen LogP contribution is 2.32. The molecule has 2 aromatic rings. The van der Waals surface area contributed by atoms with Gasteiger partial charge < -0.3 is 19.5 Å². The van der Waals surface area contributed by atoms with Gasteiger partial charge in [0.05, 0.1) is 29.7 Å². The van der Waals surface area contributed by atoms with E-state index in [0.717, 1.165) is 5.56 Å². The van der Waals surface area contributed by atoms with Crippen LogP contribution in [0.3, 0.4) is 0 Å². The Hall–Kier alpha value is -2.22. The zero-order chi connectivity index (χ0) is 20.6. The van der Waals surface area contributed by atoms with Crippen molar-refractivity contribution in [2.75, 3.05) is 19.8 Å². The number of benzene rings is 2. The number of hydrogen-bond donors (Lipinski definition) is 1. The maximum atomic E-state index is 11.8. The fourth-order valence-corrected chi connectivity index (χ4v) is 3.79. The Balaban J connectivity index is 1.57. The lowest BCUT2D eigenvalue weighted by atomic mass is 10.2. The number of carbonyl (C=O) groups excluding carboxylic acids is 1. The second-order valence-corrected chi connectivity index (χ2v) is 8.10. The summed E-state index contributed by atoms with van der Waals surface area (Å²) < 4.78 is 17.7. The SMILES string of the molecule is CCOc1cc(/C=C2\SC(=S)NC2=O)ccc1OCCCOc1ccccc1Cl. The molecule has 0 bridgehead atoms. The van der Waals surface area contributed by atoms with Gasteiger partial charge in [0, 0.05) is 6.42 Å². The van der Waals surface area contributed by atoms with Crippen LogP contribution in [0, 0.1) is 0 Å². The largest absolute Gasteiger partial charge is 0.492 e. The standard InChI is InChI=1S/C21H20ClNO4S2/c1-2-25-18-12-14(13-19-20(24)23-21(28)29-19)8-9-17(18)27-11-5-10-26-16-7-4-3-6-15(16)22/h3-4,6-9,12-13H,2,5,10-11H2,1H3,(H,23,24,28)/b19-13-. The fourth-order valence-electron chi connectivity index (χ4n) is 2.56. The van der Waals surface area contributed by atoms with Gasteiger partial charge in [0.15, 0.2) is 11.5 Å². The van der Waals surface area contributed by atoms with E-state index in [0.29, 0.717) is 57.7 Å². The lowest BCUT2D eigenvalue weighted by Crippen LogP contribution is -2.17. The molecule has 5 nitrogen and oxygen atoms in total. The first-order valence-electron chi connectivity index (χ1n) is 9.08. The summed E-state index contributed by atoms with van der Waals surface area (Å²) >= 11 is 12.3. The fraction of sp³-hybridized carbons (Fsp3) is 0.238. The molecule has 1 aliphatic rings. The van der Waals surface area contributed by atoms with Gasteiger partial charge in [-0.3, -0.25) is 4.79 Å². The highest BCUT2D eigenvalue weighted by molar-refractivity contribution is 8.26. The zero-order valence-electron chi connectivity index (χ0n) is 15.8. The molecule has 8 heteroatoms. The summed E-state index contributed by atoms with van der Waals surface area (Å²) in [5.74, 6) is 1.75. The molecule has 1 N–H and O–H groups in total. The number of carbonyl (C=O) groups is 1. The Morgan fingerprint density at radius 2 is 1.83 bits per heavy atom. The molecule has 0 saturated carbocycles. The van der Waals surface area contributed by atoms with Gasteiger partial charge in [-0.15, -0.1) is 0 Å². The molecule has 0 aromatic heterocycles. The van der Waals surface area contributed by atoms with Crippen LogP contribution in [-0.4, -0.2) is 30.0 Å². The van der Waals surface area contributed by atoms with E-state index in [-0.39, 0.29) is 5.91 Å². The van der Waals surface area contributed by atoms with Crippen molar-refractivity contribution in [3.05, 3.63) is 58.0 Å². The van der Waals surface area contributed by atoms with Crippen molar-refractivity contribution in [2.45, 2.75) is 13.3 Å². The minimum absolute atomic E-state index is 0.184. The van der Waals surface area contributed by atoms with Gasteiger partial charge in [0.2, 0.25) is 0 Å². The van der Waals surface area contributed by atoms with Gasteiger partial charge in [-0.2, -0.15) is 0 Å². The molecular weight excluding hydrogens is 430 g/mol. The van der Waals surface area contributed by atoms with E-state index in [2.05, 4.69) is 5.32 Å². The third kappa shape index (κ3) is 6.13. The van der Waals surface area contributed by atoms with E-state index in [4.69, 9.17) is 38.0 Å². The van der Waals surface area contributed by atoms with Crippen LogP contribution in [0.4, 0.5) is 0 Å². The number of thioether (sulfide) groups is 1. The molecule has 1 heterocycles. The predicted octanol–water partition coefficient (Wildman–Crippen LogP) is 5.08. The van der Waals surface area contributed by atoms with E-state index >= 15 is 0 Å². The minimum Gasteiger partial charge on any atom is -0.492 e. The second kappa shape index (κ2) is 10.5. The van der Waals surface area contributed by atoms with Crippen molar-refractivity contribution in [1.29, 1.82) is 0 Å². The summed E-state index contributed by atoms with van der Waals surface area (Å²) in [6, 6.07) is 12.9. The number of ether oxygens (including phenoxy) is 3. The average Bonchev–Trinajstić information content (AvgIpc) is 3.01. The molecule has 0 radical (unpaired) electrons. The van der Waals surface area contributed by atoms with Crippen LogP contribution < -0.4 is 19.5 Å². The van der Waals surface area contributed by atoms with Crippen LogP contribution in [0.1, 0.15) is 18.9 Å². The molecule has 1 amide bonds. The van der Waals surface area contributed by atoms with E-state index in [1.165, 1.54) is 11.8 Å². The Labute approximate surface area is 184 Å². The molecule has 0 spiro atoms. The summed E-state index contributed by atoms with van der Waals surface area (Å²) in [4.78, 5) is 12.4. The molecule has 1 fully saturated rings. The van der Waals surface area contributed by atoms with E-state index in [1.54, 1.807) is 12.1 Å². The highest BCUT2D eigenvalue weighted by Gasteiger charge is 2.22. The summed E-state index contributed by atoms with van der Waals surface area (Å²) in [7, 11) is 0. The smallest absolute Gasteiger partial charge is 0.263 e. The summed E-state index contributed by atoms with van der Waals surface area (Å²) in [6.07, 6.45) is 2.47. The van der Waals surface area contributed by atoms with Gasteiger partial charge >= 0.3 is 0 Å². The summed E-state index contributed by atoms with van der Waals surface area (Å²) in [5.41, 5.74) is 0.838. The molecule has 3 rings (SSSR count). The van der Waals surface area contributed by atoms with Crippen molar-refractivity contribution in [3.63, 3.8) is 0 Å². The number of hydrogen-bond acceptors (Lipinski definition) is 6. The molecule has 2 aromatic carbocycles. The molecule has 0 atom stereocenters. The summed E-state index contributed by atoms with van der Waals surface area (Å²) in [5, 5.41) is 3.19. The molecule has 152 valence electrons. The number of para-hydroxylation sites is 1. The van der Waals surface area contributed by atoms with Crippen LogP contribution >= 0.6 is 35.6 Å². The van der Waals surface area contributed by atoms with Crippen LogP contribution in [0.5, 0.6) is 17.2 Å². The van der Waals surface area contributed by atoms with Gasteiger partial charge in [0.25, 0.3) is 5.91 Å². The van der Waals surface area contributed by atoms with Crippen molar-refractivity contribution < 1.29 is 19.0 Å². The summed E-state index contributed by atoms with van der Waals surface area (Å²) in [6.45, 7) is 3.37. The van der Waals surface area contributed by atoms with Gasteiger partial charge in [-0.1, -0.05) is 53.8 Å². The zero-order valence-corrected chi connectivity index (χ0v) is 18.2. The van der Waals surface area contributed by atoms with Gasteiger partial charge in [-0.05, 0) is 42.8 Å². The second-order valence-electron chi connectivity index (χ2n) is 5.97. The van der Waals surface area contributed by atoms with Crippen molar-refractivity contribution in [1.82, 2.24) is 5.32 Å². The monoisotopic (exact) mass is 449 g/mol. The molecule has 1 saturated heterocycles. The van der Waals surface area contributed by atoms with Gasteiger partial charge in [0.1, 0.15) is 10.1 Å². The van der Waals surface area contributed by atoms with Crippen molar-refractivity contribution in [2.24, 2.45) is 0 Å². The number of rotatable bonds is 9. The Morgan fingerprint density at radius 3 is 2.52 bits per heavy atom. The van der Waals surface area contributed by atoms with Crippen molar-refractivity contribution >= 4 is 51.9 Å². The average molecular weight is 450 g/mol. The molecular formula is C21H20ClNO4S2. The Morgan fingerprint density at radius 1 is 1.07 bits per heavy atom. The topological polar surface area (TPSA) is 56.8 Å². The predicted molar refractivity (Wildman–Crippen MR) is 121 cm³/mol. The normalized spacial score (nSPS) is 14.8. The maximum Gasteiger partial charge on any atom is 0.263 e. The number of nitrogens with one attached hydrogen (secondary N) is 1. The Kier molecular flexibility index (Phi) is 7.80. The van der Waals surface area contributed by atoms with Crippen LogP contribution in [0.15, 0.2) is 47.4 Å². The maximum absolute atomic E-state index is 11.8. The van der Waals surface area contributed by atoms with Crippen molar-refractivity contribution in [3.8, 4) is 17.2 Å². The van der Waals surface area contributed by atoms with E-state index in [9.17, 15) is 4.79 Å². The first-order valence-corrected chi connectivity index (χ1v) is 10.7. The minimum atomic E-state index is -0.184. The quantitative estimate of drug-likeness (QED) is 0.327. The van der Waals surface area contributed by atoms with Crippen LogP contribution in [-0.2, 0) is 4.79 Å². The lowest BCUT2D eigenvalue weighted by Gasteiger charge is -2.13. The molecule has 0 aliphatic carbocycles. The molecule has 29 heavy (non-hydrogen) atoms.